The van der Waals surface area contributed by atoms with Crippen molar-refractivity contribution < 1.29 is 14.7 Å². The molecule has 1 amide bonds. The molecule has 2 aromatic rings. The molecule has 0 fully saturated rings. The maximum atomic E-state index is 12.1. The van der Waals surface area contributed by atoms with Crippen LogP contribution < -0.4 is 10.4 Å². The predicted molar refractivity (Wildman–Crippen MR) is 83.0 cm³/mol. The number of hydrogen-bond acceptors (Lipinski definition) is 3. The van der Waals surface area contributed by atoms with Gasteiger partial charge in [0.15, 0.2) is 0 Å². The minimum atomic E-state index is -1.21. The summed E-state index contributed by atoms with van der Waals surface area (Å²) in [6.45, 7) is 1.80. The highest BCUT2D eigenvalue weighted by molar-refractivity contribution is 5.93. The van der Waals surface area contributed by atoms with Crippen LogP contribution in [0.15, 0.2) is 60.7 Å². The molecule has 0 bridgehead atoms. The Morgan fingerprint density at radius 3 is 2.09 bits per heavy atom. The Hall–Kier alpha value is -2.62. The summed E-state index contributed by atoms with van der Waals surface area (Å²) in [5.41, 5.74) is 1.53. The number of nitrogens with one attached hydrogen (secondary N) is 1. The van der Waals surface area contributed by atoms with Crippen LogP contribution in [-0.4, -0.2) is 11.9 Å². The first-order valence-electron chi connectivity index (χ1n) is 7.18. The van der Waals surface area contributed by atoms with Gasteiger partial charge in [0.05, 0.1) is 0 Å². The summed E-state index contributed by atoms with van der Waals surface area (Å²) < 4.78 is 0. The van der Waals surface area contributed by atoms with Crippen molar-refractivity contribution in [1.82, 2.24) is 0 Å². The first-order chi connectivity index (χ1) is 10.6. The van der Waals surface area contributed by atoms with Crippen molar-refractivity contribution in [2.24, 2.45) is 5.92 Å². The van der Waals surface area contributed by atoms with Crippen LogP contribution in [0.2, 0.25) is 0 Å². The molecule has 22 heavy (non-hydrogen) atoms. The number of carboxylic acids is 1. The van der Waals surface area contributed by atoms with Gasteiger partial charge in [0.1, 0.15) is 0 Å². The lowest BCUT2D eigenvalue weighted by Gasteiger charge is -2.25. The first kappa shape index (κ1) is 15.8. The van der Waals surface area contributed by atoms with E-state index in [9.17, 15) is 14.7 Å². The monoisotopic (exact) mass is 296 g/mol. The van der Waals surface area contributed by atoms with E-state index in [1.54, 1.807) is 31.2 Å². The highest BCUT2D eigenvalue weighted by Gasteiger charge is 2.23. The normalized spacial score (nSPS) is 13.1. The summed E-state index contributed by atoms with van der Waals surface area (Å²) in [5.74, 6) is -2.71. The van der Waals surface area contributed by atoms with Crippen LogP contribution in [-0.2, 0) is 9.59 Å². The zero-order valence-corrected chi connectivity index (χ0v) is 12.4. The Kier molecular flexibility index (Phi) is 5.31. The quantitative estimate of drug-likeness (QED) is 0.888. The SMILES string of the molecule is C[C@@H](c1ccccc1)[C@@H](CC(=O)Nc1ccccc1)C(=O)[O-]. The van der Waals surface area contributed by atoms with Crippen LogP contribution in [0.1, 0.15) is 24.8 Å². The van der Waals surface area contributed by atoms with E-state index < -0.39 is 11.9 Å². The Morgan fingerprint density at radius 1 is 1.00 bits per heavy atom. The second kappa shape index (κ2) is 7.41. The number of rotatable bonds is 6. The van der Waals surface area contributed by atoms with Gasteiger partial charge >= 0.3 is 0 Å². The van der Waals surface area contributed by atoms with E-state index in [-0.39, 0.29) is 18.2 Å². The molecule has 0 aromatic heterocycles. The molecule has 0 saturated heterocycles. The van der Waals surface area contributed by atoms with Gasteiger partial charge in [-0.3, -0.25) is 4.79 Å². The molecule has 0 saturated carbocycles. The Balaban J connectivity index is 2.06. The van der Waals surface area contributed by atoms with Gasteiger partial charge < -0.3 is 15.2 Å². The maximum absolute atomic E-state index is 12.1. The third kappa shape index (κ3) is 4.19. The minimum absolute atomic E-state index is 0.118. The van der Waals surface area contributed by atoms with Crippen molar-refractivity contribution >= 4 is 17.6 Å². The van der Waals surface area contributed by atoms with Crippen LogP contribution in [0.4, 0.5) is 5.69 Å². The van der Waals surface area contributed by atoms with E-state index in [0.29, 0.717) is 5.69 Å². The molecule has 0 heterocycles. The number of hydrogen-bond donors (Lipinski definition) is 1. The number of carbonyl (C=O) groups excluding carboxylic acids is 2. The molecule has 4 heteroatoms. The molecule has 0 spiro atoms. The molecular weight excluding hydrogens is 278 g/mol. The summed E-state index contributed by atoms with van der Waals surface area (Å²) in [6.07, 6.45) is -0.118. The largest absolute Gasteiger partial charge is 0.550 e. The van der Waals surface area contributed by atoms with Gasteiger partial charge in [-0.2, -0.15) is 0 Å². The van der Waals surface area contributed by atoms with Gasteiger partial charge in [0, 0.05) is 24.0 Å². The van der Waals surface area contributed by atoms with Gasteiger partial charge in [0.25, 0.3) is 0 Å². The van der Waals surface area contributed by atoms with Crippen LogP contribution in [0.3, 0.4) is 0 Å². The molecule has 1 N–H and O–H groups in total. The Bertz CT molecular complexity index is 625. The Labute approximate surface area is 129 Å². The van der Waals surface area contributed by atoms with Crippen molar-refractivity contribution in [3.63, 3.8) is 0 Å². The first-order valence-corrected chi connectivity index (χ1v) is 7.18. The van der Waals surface area contributed by atoms with E-state index in [2.05, 4.69) is 5.32 Å². The van der Waals surface area contributed by atoms with Crippen LogP contribution in [0.5, 0.6) is 0 Å². The molecule has 0 unspecified atom stereocenters. The lowest BCUT2D eigenvalue weighted by atomic mass is 9.85. The third-order valence-corrected chi connectivity index (χ3v) is 3.69. The molecule has 4 nitrogen and oxygen atoms in total. The van der Waals surface area contributed by atoms with E-state index >= 15 is 0 Å². The smallest absolute Gasteiger partial charge is 0.225 e. The number of para-hydroxylation sites is 1. The summed E-state index contributed by atoms with van der Waals surface area (Å²) in [4.78, 5) is 23.5. The molecule has 0 aliphatic carbocycles. The maximum Gasteiger partial charge on any atom is 0.225 e. The summed E-state index contributed by atoms with van der Waals surface area (Å²) in [5, 5.41) is 14.1. The van der Waals surface area contributed by atoms with Gasteiger partial charge in [0.2, 0.25) is 5.91 Å². The highest BCUT2D eigenvalue weighted by Crippen LogP contribution is 2.26. The van der Waals surface area contributed by atoms with Crippen LogP contribution in [0, 0.1) is 5.92 Å². The number of anilines is 1. The molecule has 2 atom stereocenters. The molecule has 114 valence electrons. The molecule has 2 rings (SSSR count). The van der Waals surface area contributed by atoms with Gasteiger partial charge in [-0.1, -0.05) is 55.5 Å². The third-order valence-electron chi connectivity index (χ3n) is 3.69. The lowest BCUT2D eigenvalue weighted by Crippen LogP contribution is -2.36. The number of carbonyl (C=O) groups is 2. The molecule has 2 aromatic carbocycles. The van der Waals surface area contributed by atoms with Crippen molar-refractivity contribution in [1.29, 1.82) is 0 Å². The van der Waals surface area contributed by atoms with E-state index in [1.165, 1.54) is 0 Å². The van der Waals surface area contributed by atoms with Crippen molar-refractivity contribution in [2.75, 3.05) is 5.32 Å². The van der Waals surface area contributed by atoms with Crippen molar-refractivity contribution in [3.05, 3.63) is 66.2 Å². The zero-order chi connectivity index (χ0) is 15.9. The second-order valence-electron chi connectivity index (χ2n) is 5.24. The average molecular weight is 296 g/mol. The number of benzene rings is 2. The summed E-state index contributed by atoms with van der Waals surface area (Å²) >= 11 is 0. The summed E-state index contributed by atoms with van der Waals surface area (Å²) in [7, 11) is 0. The molecule has 0 radical (unpaired) electrons. The number of amides is 1. The fourth-order valence-corrected chi connectivity index (χ4v) is 2.39. The zero-order valence-electron chi connectivity index (χ0n) is 12.4. The fourth-order valence-electron chi connectivity index (χ4n) is 2.39. The highest BCUT2D eigenvalue weighted by atomic mass is 16.4. The van der Waals surface area contributed by atoms with E-state index in [1.807, 2.05) is 36.4 Å². The van der Waals surface area contributed by atoms with Gasteiger partial charge in [-0.25, -0.2) is 0 Å². The lowest BCUT2D eigenvalue weighted by molar-refractivity contribution is -0.312. The Morgan fingerprint density at radius 2 is 1.55 bits per heavy atom. The van der Waals surface area contributed by atoms with E-state index in [0.717, 1.165) is 5.56 Å². The fraction of sp³-hybridized carbons (Fsp3) is 0.222. The van der Waals surface area contributed by atoms with E-state index in [4.69, 9.17) is 0 Å². The van der Waals surface area contributed by atoms with Gasteiger partial charge in [-0.05, 0) is 23.6 Å². The topological polar surface area (TPSA) is 69.2 Å². The number of aliphatic carboxylic acids is 1. The van der Waals surface area contributed by atoms with Crippen LogP contribution in [0.25, 0.3) is 0 Å². The second-order valence-corrected chi connectivity index (χ2v) is 5.24. The number of carboxylic acid groups (broad SMARTS) is 1. The molecular formula is C18H18NO3-. The molecule has 0 aliphatic rings. The van der Waals surface area contributed by atoms with Crippen molar-refractivity contribution in [2.45, 2.75) is 19.3 Å². The summed E-state index contributed by atoms with van der Waals surface area (Å²) in [6, 6.07) is 18.2. The van der Waals surface area contributed by atoms with Crippen LogP contribution >= 0.6 is 0 Å². The molecule has 0 aliphatic heterocycles. The standard InChI is InChI=1S/C18H19NO3/c1-13(14-8-4-2-5-9-14)16(18(21)22)12-17(20)19-15-10-6-3-7-11-15/h2-11,13,16H,12H2,1H3,(H,19,20)(H,21,22)/p-1/t13-,16+/m0/s1. The van der Waals surface area contributed by atoms with Crippen molar-refractivity contribution in [3.8, 4) is 0 Å². The average Bonchev–Trinajstić information content (AvgIpc) is 2.53. The van der Waals surface area contributed by atoms with Gasteiger partial charge in [-0.15, -0.1) is 0 Å². The predicted octanol–water partition coefficient (Wildman–Crippen LogP) is 2.18. The minimum Gasteiger partial charge on any atom is -0.550 e.